The van der Waals surface area contributed by atoms with Crippen molar-refractivity contribution in [2.45, 2.75) is 76.4 Å². The molecule has 3 rings (SSSR count). The third-order valence-corrected chi connectivity index (χ3v) is 8.11. The Morgan fingerprint density at radius 1 is 1.20 bits per heavy atom. The second-order valence-electron chi connectivity index (χ2n) is 9.42. The number of hydrogen-bond acceptors (Lipinski definition) is 7. The smallest absolute Gasteiger partial charge is 0.348 e. The lowest BCUT2D eigenvalue weighted by Crippen LogP contribution is -2.18. The van der Waals surface area contributed by atoms with Crippen molar-refractivity contribution in [3.05, 3.63) is 57.3 Å². The van der Waals surface area contributed by atoms with Gasteiger partial charge in [-0.05, 0) is 61.3 Å². The lowest BCUT2D eigenvalue weighted by atomic mass is 9.81. The van der Waals surface area contributed by atoms with E-state index in [4.69, 9.17) is 9.84 Å². The van der Waals surface area contributed by atoms with Crippen molar-refractivity contribution in [3.8, 4) is 6.07 Å². The quantitative estimate of drug-likeness (QED) is 0.260. The molecule has 35 heavy (non-hydrogen) atoms. The summed E-state index contributed by atoms with van der Waals surface area (Å²) in [7, 11) is 0. The number of nitriles is 1. The molecular formula is C28H37NO5S. The van der Waals surface area contributed by atoms with Crippen molar-refractivity contribution in [1.29, 1.82) is 5.26 Å². The summed E-state index contributed by atoms with van der Waals surface area (Å²) in [5.41, 5.74) is 1.92. The lowest BCUT2D eigenvalue weighted by Gasteiger charge is -2.24. The third-order valence-electron chi connectivity index (χ3n) is 6.99. The zero-order valence-corrected chi connectivity index (χ0v) is 21.3. The third kappa shape index (κ3) is 7.37. The molecule has 0 bridgehead atoms. The van der Waals surface area contributed by atoms with Gasteiger partial charge in [0.25, 0.3) is 0 Å². The molecule has 0 amide bonds. The van der Waals surface area contributed by atoms with Gasteiger partial charge in [0.2, 0.25) is 0 Å². The molecule has 6 nitrogen and oxygen atoms in total. The topological polar surface area (TPSA) is 111 Å². The molecule has 1 aliphatic rings. The number of ether oxygens (including phenoxy) is 1. The number of esters is 1. The molecule has 0 spiro atoms. The van der Waals surface area contributed by atoms with Crippen molar-refractivity contribution in [2.24, 2.45) is 11.8 Å². The Kier molecular flexibility index (Phi) is 10.7. The summed E-state index contributed by atoms with van der Waals surface area (Å²) >= 11 is 1.40. The highest BCUT2D eigenvalue weighted by Crippen LogP contribution is 2.46. The number of unbranched alkanes of at least 4 members (excludes halogenated alkanes) is 2. The average molecular weight is 500 g/mol. The minimum Gasteiger partial charge on any atom is -0.459 e. The van der Waals surface area contributed by atoms with E-state index in [9.17, 15) is 20.3 Å². The van der Waals surface area contributed by atoms with Crippen LogP contribution in [-0.2, 0) is 11.2 Å². The van der Waals surface area contributed by atoms with Gasteiger partial charge in [0.05, 0.1) is 30.8 Å². The van der Waals surface area contributed by atoms with Crippen LogP contribution in [0.3, 0.4) is 0 Å². The van der Waals surface area contributed by atoms with Crippen molar-refractivity contribution in [2.75, 3.05) is 13.2 Å². The summed E-state index contributed by atoms with van der Waals surface area (Å²) in [6.45, 7) is 1.94. The monoisotopic (exact) mass is 499 g/mol. The van der Waals surface area contributed by atoms with E-state index in [-0.39, 0.29) is 31.0 Å². The standard InChI is InChI=1S/C28H37NO5S/c1-2-3-4-8-24(31)19-9-11-20(12-10-19)27-23(21(18-29)17-25(27)32)7-5-6-22-13-14-26(35-22)28(33)34-16-15-30/h9-14,21,23-25,27,30-32H,2-8,15-17H2,1H3/t21-,23-,24?,25+,27+/m0/s1. The summed E-state index contributed by atoms with van der Waals surface area (Å²) < 4.78 is 4.97. The number of aliphatic hydroxyl groups is 3. The normalized spacial score (nSPS) is 22.6. The Bertz CT molecular complexity index is 966. The van der Waals surface area contributed by atoms with Crippen molar-refractivity contribution >= 4 is 17.3 Å². The van der Waals surface area contributed by atoms with Crippen LogP contribution in [0.4, 0.5) is 0 Å². The molecule has 7 heteroatoms. The molecule has 0 saturated heterocycles. The second kappa shape index (κ2) is 13.7. The number of rotatable bonds is 13. The van der Waals surface area contributed by atoms with E-state index in [1.54, 1.807) is 6.07 Å². The Balaban J connectivity index is 1.61. The van der Waals surface area contributed by atoms with Gasteiger partial charge in [-0.25, -0.2) is 4.79 Å². The highest BCUT2D eigenvalue weighted by atomic mass is 32.1. The first-order valence-electron chi connectivity index (χ1n) is 12.7. The molecule has 1 heterocycles. The van der Waals surface area contributed by atoms with E-state index in [1.807, 2.05) is 30.3 Å². The Hall–Kier alpha value is -2.24. The average Bonchev–Trinajstić information content (AvgIpc) is 3.47. The van der Waals surface area contributed by atoms with Crippen LogP contribution in [0.15, 0.2) is 36.4 Å². The van der Waals surface area contributed by atoms with Gasteiger partial charge in [0.15, 0.2) is 0 Å². The molecule has 0 radical (unpaired) electrons. The molecule has 1 saturated carbocycles. The Morgan fingerprint density at radius 2 is 1.97 bits per heavy atom. The summed E-state index contributed by atoms with van der Waals surface area (Å²) in [4.78, 5) is 13.5. The van der Waals surface area contributed by atoms with Gasteiger partial charge in [-0.3, -0.25) is 0 Å². The van der Waals surface area contributed by atoms with Crippen LogP contribution in [0.1, 0.15) is 89.6 Å². The molecule has 3 N–H and O–H groups in total. The maximum atomic E-state index is 11.9. The summed E-state index contributed by atoms with van der Waals surface area (Å²) in [5, 5.41) is 39.8. The largest absolute Gasteiger partial charge is 0.459 e. The fourth-order valence-electron chi connectivity index (χ4n) is 5.15. The lowest BCUT2D eigenvalue weighted by molar-refractivity contribution is 0.0439. The van der Waals surface area contributed by atoms with Gasteiger partial charge in [0.1, 0.15) is 11.5 Å². The highest BCUT2D eigenvalue weighted by Gasteiger charge is 2.43. The van der Waals surface area contributed by atoms with Crippen LogP contribution in [0, 0.1) is 23.2 Å². The number of carbonyl (C=O) groups is 1. The predicted molar refractivity (Wildman–Crippen MR) is 136 cm³/mol. The first kappa shape index (κ1) is 27.3. The maximum Gasteiger partial charge on any atom is 0.348 e. The first-order chi connectivity index (χ1) is 17.0. The summed E-state index contributed by atoms with van der Waals surface area (Å²) in [6, 6.07) is 14.0. The summed E-state index contributed by atoms with van der Waals surface area (Å²) in [6.07, 6.45) is 5.90. The molecule has 0 aliphatic heterocycles. The highest BCUT2D eigenvalue weighted by molar-refractivity contribution is 7.13. The van der Waals surface area contributed by atoms with Crippen LogP contribution >= 0.6 is 11.3 Å². The van der Waals surface area contributed by atoms with E-state index in [0.717, 1.165) is 60.9 Å². The molecule has 1 fully saturated rings. The van der Waals surface area contributed by atoms with E-state index >= 15 is 0 Å². The van der Waals surface area contributed by atoms with Gasteiger partial charge in [-0.15, -0.1) is 11.3 Å². The number of thiophene rings is 1. The molecule has 1 aromatic heterocycles. The van der Waals surface area contributed by atoms with E-state index in [1.165, 1.54) is 11.3 Å². The second-order valence-corrected chi connectivity index (χ2v) is 10.6. The van der Waals surface area contributed by atoms with Gasteiger partial charge >= 0.3 is 5.97 Å². The predicted octanol–water partition coefficient (Wildman–Crippen LogP) is 5.14. The Morgan fingerprint density at radius 3 is 2.66 bits per heavy atom. The van der Waals surface area contributed by atoms with Crippen molar-refractivity contribution in [3.63, 3.8) is 0 Å². The SMILES string of the molecule is CCCCCC(O)c1ccc([C@@H]2[C@@H](CCCc3ccc(C(=O)OCCO)s3)[C@H](C#N)C[C@H]2O)cc1. The van der Waals surface area contributed by atoms with Crippen molar-refractivity contribution < 1.29 is 24.9 Å². The number of carbonyl (C=O) groups excluding carboxylic acids is 1. The number of hydrogen-bond donors (Lipinski definition) is 3. The van der Waals surface area contributed by atoms with E-state index in [0.29, 0.717) is 11.3 Å². The molecule has 190 valence electrons. The van der Waals surface area contributed by atoms with Gasteiger partial charge in [0, 0.05) is 10.8 Å². The van der Waals surface area contributed by atoms with Gasteiger partial charge < -0.3 is 20.1 Å². The maximum absolute atomic E-state index is 11.9. The fourth-order valence-corrected chi connectivity index (χ4v) is 6.10. The number of nitrogens with zero attached hydrogens (tertiary/aromatic N) is 1. The van der Waals surface area contributed by atoms with Crippen LogP contribution in [0.2, 0.25) is 0 Å². The molecular weight excluding hydrogens is 462 g/mol. The van der Waals surface area contributed by atoms with Crippen LogP contribution < -0.4 is 0 Å². The van der Waals surface area contributed by atoms with E-state index in [2.05, 4.69) is 13.0 Å². The number of aliphatic hydroxyl groups excluding tert-OH is 3. The molecule has 1 unspecified atom stereocenters. The van der Waals surface area contributed by atoms with E-state index < -0.39 is 18.2 Å². The zero-order chi connectivity index (χ0) is 25.2. The van der Waals surface area contributed by atoms with Crippen LogP contribution in [0.25, 0.3) is 0 Å². The zero-order valence-electron chi connectivity index (χ0n) is 20.4. The fraction of sp³-hybridized carbons (Fsp3) is 0.571. The van der Waals surface area contributed by atoms with Crippen LogP contribution in [0.5, 0.6) is 0 Å². The molecule has 2 aromatic rings. The Labute approximate surface area is 212 Å². The molecule has 1 aliphatic carbocycles. The minimum absolute atomic E-state index is 0.00813. The van der Waals surface area contributed by atoms with Gasteiger partial charge in [-0.1, -0.05) is 50.5 Å². The molecule has 1 aromatic carbocycles. The number of benzene rings is 1. The van der Waals surface area contributed by atoms with Crippen molar-refractivity contribution in [1.82, 2.24) is 0 Å². The summed E-state index contributed by atoms with van der Waals surface area (Å²) in [5.74, 6) is -0.651. The molecule has 5 atom stereocenters. The number of aryl methyl sites for hydroxylation is 1. The minimum atomic E-state index is -0.556. The van der Waals surface area contributed by atoms with Gasteiger partial charge in [-0.2, -0.15) is 5.26 Å². The van der Waals surface area contributed by atoms with Crippen LogP contribution in [-0.4, -0.2) is 40.6 Å². The first-order valence-corrected chi connectivity index (χ1v) is 13.5.